The third-order valence-electron chi connectivity index (χ3n) is 3.58. The topological polar surface area (TPSA) is 42.2 Å². The van der Waals surface area contributed by atoms with Crippen molar-refractivity contribution in [1.82, 2.24) is 15.0 Å². The second-order valence-electron chi connectivity index (χ2n) is 5.13. The Morgan fingerprint density at radius 1 is 1.29 bits per heavy atom. The van der Waals surface area contributed by atoms with Gasteiger partial charge in [0.25, 0.3) is 0 Å². The van der Waals surface area contributed by atoms with Crippen LogP contribution in [0.5, 0.6) is 0 Å². The van der Waals surface area contributed by atoms with Crippen LogP contribution in [0.2, 0.25) is 0 Å². The van der Waals surface area contributed by atoms with Gasteiger partial charge in [0.2, 0.25) is 5.89 Å². The molecular weight excluding hydrogens is 330 g/mol. The van der Waals surface area contributed by atoms with Gasteiger partial charge in [-0.3, -0.25) is 4.90 Å². The number of hydrogen-bond acceptors (Lipinski definition) is 4. The van der Waals surface area contributed by atoms with Crippen LogP contribution in [-0.2, 0) is 13.0 Å². The van der Waals surface area contributed by atoms with Crippen LogP contribution < -0.4 is 0 Å². The van der Waals surface area contributed by atoms with Crippen LogP contribution in [0.25, 0.3) is 0 Å². The molecule has 1 heterocycles. The van der Waals surface area contributed by atoms with Gasteiger partial charge in [-0.25, -0.2) is 0 Å². The highest BCUT2D eigenvalue weighted by molar-refractivity contribution is 9.10. The summed E-state index contributed by atoms with van der Waals surface area (Å²) in [6.07, 6.45) is 1.89. The molecule has 0 amide bonds. The van der Waals surface area contributed by atoms with Crippen LogP contribution >= 0.6 is 15.9 Å². The summed E-state index contributed by atoms with van der Waals surface area (Å²) in [4.78, 5) is 6.79. The summed E-state index contributed by atoms with van der Waals surface area (Å²) in [5, 5.41) is 3.98. The molecule has 0 spiro atoms. The first-order chi connectivity index (χ1) is 10.2. The molecule has 4 nitrogen and oxygen atoms in total. The second-order valence-corrected chi connectivity index (χ2v) is 5.98. The molecule has 0 radical (unpaired) electrons. The smallest absolute Gasteiger partial charge is 0.240 e. The first-order valence-electron chi connectivity index (χ1n) is 7.45. The van der Waals surface area contributed by atoms with E-state index in [1.54, 1.807) is 0 Å². The normalized spacial score (nSPS) is 12.8. The molecule has 0 aliphatic heterocycles. The fraction of sp³-hybridized carbons (Fsp3) is 0.500. The monoisotopic (exact) mass is 351 g/mol. The maximum Gasteiger partial charge on any atom is 0.240 e. The maximum absolute atomic E-state index is 5.33. The van der Waals surface area contributed by atoms with Gasteiger partial charge in [0.05, 0.1) is 6.54 Å². The van der Waals surface area contributed by atoms with E-state index in [0.717, 1.165) is 29.7 Å². The summed E-state index contributed by atoms with van der Waals surface area (Å²) in [6.45, 7) is 8.11. The lowest BCUT2D eigenvalue weighted by atomic mass is 10.1. The van der Waals surface area contributed by atoms with Crippen LogP contribution in [0, 0.1) is 0 Å². The quantitative estimate of drug-likeness (QED) is 0.742. The van der Waals surface area contributed by atoms with Gasteiger partial charge in [-0.15, -0.1) is 0 Å². The first-order valence-corrected chi connectivity index (χ1v) is 8.24. The first kappa shape index (κ1) is 16.2. The fourth-order valence-corrected chi connectivity index (χ4v) is 3.00. The molecule has 1 aromatic carbocycles. The van der Waals surface area contributed by atoms with Gasteiger partial charge < -0.3 is 4.52 Å². The molecular formula is C16H22BrN3O. The number of nitrogens with zero attached hydrogens (tertiary/aromatic N) is 3. The molecule has 1 aromatic heterocycles. The van der Waals surface area contributed by atoms with E-state index >= 15 is 0 Å². The summed E-state index contributed by atoms with van der Waals surface area (Å²) in [7, 11) is 0. The Kier molecular flexibility index (Phi) is 5.94. The van der Waals surface area contributed by atoms with Crippen LogP contribution in [0.4, 0.5) is 0 Å². The molecule has 2 rings (SSSR count). The zero-order chi connectivity index (χ0) is 15.2. The highest BCUT2D eigenvalue weighted by Crippen LogP contribution is 2.28. The molecule has 1 unspecified atom stereocenters. The summed E-state index contributed by atoms with van der Waals surface area (Å²) < 4.78 is 6.47. The van der Waals surface area contributed by atoms with Crippen molar-refractivity contribution in [2.45, 2.75) is 46.2 Å². The minimum Gasteiger partial charge on any atom is -0.338 e. The van der Waals surface area contributed by atoms with Crippen LogP contribution in [0.3, 0.4) is 0 Å². The van der Waals surface area contributed by atoms with Gasteiger partial charge in [0, 0.05) is 16.9 Å². The summed E-state index contributed by atoms with van der Waals surface area (Å²) in [6, 6.07) is 8.64. The van der Waals surface area contributed by atoms with Gasteiger partial charge >= 0.3 is 0 Å². The minimum atomic E-state index is 0.289. The van der Waals surface area contributed by atoms with E-state index < -0.39 is 0 Å². The average molecular weight is 352 g/mol. The van der Waals surface area contributed by atoms with E-state index in [1.807, 2.05) is 13.0 Å². The molecule has 0 aliphatic carbocycles. The zero-order valence-electron chi connectivity index (χ0n) is 12.8. The average Bonchev–Trinajstić information content (AvgIpc) is 2.94. The van der Waals surface area contributed by atoms with E-state index in [4.69, 9.17) is 4.52 Å². The van der Waals surface area contributed by atoms with Crippen molar-refractivity contribution in [3.05, 3.63) is 46.0 Å². The van der Waals surface area contributed by atoms with E-state index in [1.165, 1.54) is 5.56 Å². The van der Waals surface area contributed by atoms with Crippen molar-refractivity contribution in [3.63, 3.8) is 0 Å². The third-order valence-corrected chi connectivity index (χ3v) is 4.30. The summed E-state index contributed by atoms with van der Waals surface area (Å²) in [5.74, 6) is 1.47. The zero-order valence-corrected chi connectivity index (χ0v) is 14.4. The Labute approximate surface area is 134 Å². The molecule has 5 heteroatoms. The fourth-order valence-electron chi connectivity index (χ4n) is 2.38. The SMILES string of the molecule is CCCN(Cc1nc(CC)no1)C(C)c1ccccc1Br. The van der Waals surface area contributed by atoms with Crippen LogP contribution in [-0.4, -0.2) is 21.6 Å². The van der Waals surface area contributed by atoms with Crippen molar-refractivity contribution in [2.75, 3.05) is 6.54 Å². The van der Waals surface area contributed by atoms with E-state index in [9.17, 15) is 0 Å². The van der Waals surface area contributed by atoms with Gasteiger partial charge in [0.1, 0.15) is 0 Å². The Morgan fingerprint density at radius 2 is 2.05 bits per heavy atom. The third kappa shape index (κ3) is 4.14. The molecule has 2 aromatic rings. The lowest BCUT2D eigenvalue weighted by Gasteiger charge is -2.28. The van der Waals surface area contributed by atoms with E-state index in [0.29, 0.717) is 12.4 Å². The van der Waals surface area contributed by atoms with Gasteiger partial charge in [-0.2, -0.15) is 4.98 Å². The lowest BCUT2D eigenvalue weighted by molar-refractivity contribution is 0.175. The second kappa shape index (κ2) is 7.71. The molecule has 0 N–H and O–H groups in total. The molecule has 0 bridgehead atoms. The standard InChI is InChI=1S/C16H22BrN3O/c1-4-10-20(11-16-18-15(5-2)19-21-16)12(3)13-8-6-7-9-14(13)17/h6-9,12H,4-5,10-11H2,1-3H3. The predicted octanol–water partition coefficient (Wildman–Crippen LogP) is 4.37. The van der Waals surface area contributed by atoms with Crippen molar-refractivity contribution in [1.29, 1.82) is 0 Å². The number of hydrogen-bond donors (Lipinski definition) is 0. The van der Waals surface area contributed by atoms with Gasteiger partial charge in [0.15, 0.2) is 5.82 Å². The van der Waals surface area contributed by atoms with E-state index in [-0.39, 0.29) is 6.04 Å². The Balaban J connectivity index is 2.16. The largest absolute Gasteiger partial charge is 0.338 e. The molecule has 21 heavy (non-hydrogen) atoms. The minimum absolute atomic E-state index is 0.289. The highest BCUT2D eigenvalue weighted by Gasteiger charge is 2.19. The number of rotatable bonds is 7. The molecule has 0 fully saturated rings. The summed E-state index contributed by atoms with van der Waals surface area (Å²) in [5.41, 5.74) is 1.28. The Hall–Kier alpha value is -1.20. The Morgan fingerprint density at radius 3 is 2.67 bits per heavy atom. The number of halogens is 1. The molecule has 0 saturated heterocycles. The summed E-state index contributed by atoms with van der Waals surface area (Å²) >= 11 is 3.64. The number of aryl methyl sites for hydroxylation is 1. The molecule has 0 saturated carbocycles. The van der Waals surface area contributed by atoms with Crippen molar-refractivity contribution < 1.29 is 4.52 Å². The molecule has 114 valence electrons. The van der Waals surface area contributed by atoms with Gasteiger partial charge in [-0.05, 0) is 31.5 Å². The van der Waals surface area contributed by atoms with Crippen molar-refractivity contribution in [2.24, 2.45) is 0 Å². The van der Waals surface area contributed by atoms with Crippen molar-refractivity contribution in [3.8, 4) is 0 Å². The van der Waals surface area contributed by atoms with Crippen LogP contribution in [0.15, 0.2) is 33.3 Å². The number of aromatic nitrogens is 2. The highest BCUT2D eigenvalue weighted by atomic mass is 79.9. The van der Waals surface area contributed by atoms with Gasteiger partial charge in [-0.1, -0.05) is 53.1 Å². The Bertz CT molecular complexity index is 570. The van der Waals surface area contributed by atoms with Crippen LogP contribution in [0.1, 0.15) is 50.5 Å². The lowest BCUT2D eigenvalue weighted by Crippen LogP contribution is -2.28. The number of benzene rings is 1. The van der Waals surface area contributed by atoms with Crippen molar-refractivity contribution >= 4 is 15.9 Å². The molecule has 1 atom stereocenters. The molecule has 0 aliphatic rings. The maximum atomic E-state index is 5.33. The van der Waals surface area contributed by atoms with E-state index in [2.05, 4.69) is 63.0 Å². The predicted molar refractivity (Wildman–Crippen MR) is 86.9 cm³/mol.